The Kier molecular flexibility index (Phi) is 2.76. The molecule has 0 aliphatic carbocycles. The van der Waals surface area contributed by atoms with Crippen LogP contribution >= 0.6 is 0 Å². The molecule has 74 valence electrons. The predicted octanol–water partition coefficient (Wildman–Crippen LogP) is 1.61. The number of benzene rings is 1. The van der Waals surface area contributed by atoms with E-state index in [1.165, 1.54) is 12.1 Å². The van der Waals surface area contributed by atoms with Gasteiger partial charge >= 0.3 is 0 Å². The van der Waals surface area contributed by atoms with Crippen molar-refractivity contribution in [2.45, 2.75) is 6.92 Å². The molecule has 0 saturated carbocycles. The third-order valence-corrected chi connectivity index (χ3v) is 1.62. The fourth-order valence-corrected chi connectivity index (χ4v) is 0.855. The van der Waals surface area contributed by atoms with Gasteiger partial charge in [-0.25, -0.2) is 0 Å². The molecule has 0 fully saturated rings. The first-order valence-corrected chi connectivity index (χ1v) is 3.99. The Morgan fingerprint density at radius 1 is 1.43 bits per heavy atom. The summed E-state index contributed by atoms with van der Waals surface area (Å²) in [5.74, 6) is -0.610. The van der Waals surface area contributed by atoms with Gasteiger partial charge in [-0.2, -0.15) is 0 Å². The Labute approximate surface area is 81.5 Å². The van der Waals surface area contributed by atoms with Gasteiger partial charge < -0.3 is 15.5 Å². The van der Waals surface area contributed by atoms with Crippen molar-refractivity contribution in [3.8, 4) is 11.5 Å². The molecule has 0 aliphatic heterocycles. The van der Waals surface area contributed by atoms with Crippen LogP contribution in [0.4, 0.5) is 5.69 Å². The van der Waals surface area contributed by atoms with Crippen molar-refractivity contribution in [1.82, 2.24) is 0 Å². The Balaban J connectivity index is 2.87. The zero-order valence-electron chi connectivity index (χ0n) is 7.74. The fourth-order valence-electron chi connectivity index (χ4n) is 0.855. The van der Waals surface area contributed by atoms with Gasteiger partial charge in [0.05, 0.1) is 5.69 Å². The molecule has 1 amide bonds. The number of carbonyl (C=O) groups excluding carboxylic acids is 1. The van der Waals surface area contributed by atoms with Gasteiger partial charge in [0.1, 0.15) is 11.5 Å². The Bertz CT molecular complexity index is 385. The number of hydrogen-bond acceptors (Lipinski definition) is 3. The molecule has 0 saturated heterocycles. The summed E-state index contributed by atoms with van der Waals surface area (Å²) in [4.78, 5) is 11.2. The number of aromatic hydroxyl groups is 2. The maximum Gasteiger partial charge on any atom is 0.250 e. The SMILES string of the molecule is C=C(C)C(=O)Nc1ccc(O)cc1O. The molecule has 0 radical (unpaired) electrons. The van der Waals surface area contributed by atoms with Gasteiger partial charge in [0.2, 0.25) is 0 Å². The number of amides is 1. The highest BCUT2D eigenvalue weighted by atomic mass is 16.3. The smallest absolute Gasteiger partial charge is 0.250 e. The highest BCUT2D eigenvalue weighted by Gasteiger charge is 2.06. The summed E-state index contributed by atoms with van der Waals surface area (Å²) in [7, 11) is 0. The zero-order valence-corrected chi connectivity index (χ0v) is 7.74. The summed E-state index contributed by atoms with van der Waals surface area (Å²) in [6.45, 7) is 5.02. The molecular formula is C10H11NO3. The molecule has 0 aromatic heterocycles. The molecule has 14 heavy (non-hydrogen) atoms. The lowest BCUT2D eigenvalue weighted by Crippen LogP contribution is -2.11. The summed E-state index contributed by atoms with van der Waals surface area (Å²) < 4.78 is 0. The maximum absolute atomic E-state index is 11.2. The van der Waals surface area contributed by atoms with Crippen molar-refractivity contribution < 1.29 is 15.0 Å². The van der Waals surface area contributed by atoms with E-state index in [2.05, 4.69) is 11.9 Å². The summed E-state index contributed by atoms with van der Waals surface area (Å²) in [5.41, 5.74) is 0.591. The van der Waals surface area contributed by atoms with E-state index in [0.717, 1.165) is 6.07 Å². The van der Waals surface area contributed by atoms with Crippen molar-refractivity contribution in [2.75, 3.05) is 5.32 Å². The summed E-state index contributed by atoms with van der Waals surface area (Å²) in [5, 5.41) is 20.7. The highest BCUT2D eigenvalue weighted by molar-refractivity contribution is 6.03. The van der Waals surface area contributed by atoms with Crippen molar-refractivity contribution in [1.29, 1.82) is 0 Å². The molecule has 1 rings (SSSR count). The van der Waals surface area contributed by atoms with Crippen LogP contribution in [-0.4, -0.2) is 16.1 Å². The second kappa shape index (κ2) is 3.83. The molecule has 0 bridgehead atoms. The number of phenolic OH excluding ortho intramolecular Hbond substituents is 2. The molecule has 0 heterocycles. The number of phenols is 2. The van der Waals surface area contributed by atoms with Crippen LogP contribution in [0.15, 0.2) is 30.4 Å². The normalized spacial score (nSPS) is 9.50. The summed E-state index contributed by atoms with van der Waals surface area (Å²) in [6, 6.07) is 3.92. The van der Waals surface area contributed by atoms with Crippen LogP contribution in [0.2, 0.25) is 0 Å². The first kappa shape index (κ1) is 10.1. The Hall–Kier alpha value is -1.97. The van der Waals surface area contributed by atoms with E-state index in [9.17, 15) is 9.90 Å². The molecule has 0 spiro atoms. The largest absolute Gasteiger partial charge is 0.508 e. The van der Waals surface area contributed by atoms with E-state index in [0.29, 0.717) is 5.57 Å². The molecule has 4 heteroatoms. The van der Waals surface area contributed by atoms with Crippen LogP contribution < -0.4 is 5.32 Å². The van der Waals surface area contributed by atoms with E-state index >= 15 is 0 Å². The number of hydrogen-bond donors (Lipinski definition) is 3. The standard InChI is InChI=1S/C10H11NO3/c1-6(2)10(14)11-8-4-3-7(12)5-9(8)13/h3-5,12-13H,1H2,2H3,(H,11,14). The lowest BCUT2D eigenvalue weighted by atomic mass is 10.2. The van der Waals surface area contributed by atoms with Gasteiger partial charge in [0.15, 0.2) is 0 Å². The third-order valence-electron chi connectivity index (χ3n) is 1.62. The number of rotatable bonds is 2. The lowest BCUT2D eigenvalue weighted by molar-refractivity contribution is -0.112. The average Bonchev–Trinajstić information content (AvgIpc) is 2.09. The maximum atomic E-state index is 11.2. The van der Waals surface area contributed by atoms with Crippen LogP contribution in [0.5, 0.6) is 11.5 Å². The van der Waals surface area contributed by atoms with E-state index in [1.54, 1.807) is 6.92 Å². The first-order valence-electron chi connectivity index (χ1n) is 3.99. The molecule has 0 atom stereocenters. The highest BCUT2D eigenvalue weighted by Crippen LogP contribution is 2.27. The van der Waals surface area contributed by atoms with E-state index in [4.69, 9.17) is 5.11 Å². The third kappa shape index (κ3) is 2.26. The molecule has 4 nitrogen and oxygen atoms in total. The van der Waals surface area contributed by atoms with Crippen LogP contribution in [-0.2, 0) is 4.79 Å². The minimum atomic E-state index is -0.369. The van der Waals surface area contributed by atoms with Crippen molar-refractivity contribution in [3.05, 3.63) is 30.4 Å². The van der Waals surface area contributed by atoms with E-state index in [1.807, 2.05) is 0 Å². The summed E-state index contributed by atoms with van der Waals surface area (Å²) in [6.07, 6.45) is 0. The fraction of sp³-hybridized carbons (Fsp3) is 0.100. The topological polar surface area (TPSA) is 69.6 Å². The van der Waals surface area contributed by atoms with Crippen molar-refractivity contribution in [2.24, 2.45) is 0 Å². The van der Waals surface area contributed by atoms with Gasteiger partial charge in [-0.1, -0.05) is 6.58 Å². The van der Waals surface area contributed by atoms with Crippen molar-refractivity contribution >= 4 is 11.6 Å². The number of nitrogens with one attached hydrogen (secondary N) is 1. The van der Waals surface area contributed by atoms with Crippen molar-refractivity contribution in [3.63, 3.8) is 0 Å². The molecule has 0 unspecified atom stereocenters. The summed E-state index contributed by atoms with van der Waals surface area (Å²) >= 11 is 0. The van der Waals surface area contributed by atoms with Gasteiger partial charge in [-0.3, -0.25) is 4.79 Å². The molecule has 1 aromatic rings. The lowest BCUT2D eigenvalue weighted by Gasteiger charge is -2.06. The first-order chi connectivity index (χ1) is 6.50. The quantitative estimate of drug-likeness (QED) is 0.379. The van der Waals surface area contributed by atoms with Gasteiger partial charge in [0.25, 0.3) is 5.91 Å². The zero-order chi connectivity index (χ0) is 10.7. The molecule has 3 N–H and O–H groups in total. The number of carbonyl (C=O) groups is 1. The van der Waals surface area contributed by atoms with Crippen LogP contribution in [0.1, 0.15) is 6.92 Å². The monoisotopic (exact) mass is 193 g/mol. The van der Waals surface area contributed by atoms with Crippen LogP contribution in [0.3, 0.4) is 0 Å². The van der Waals surface area contributed by atoms with Crippen LogP contribution in [0, 0.1) is 0 Å². The molecule has 0 aliphatic rings. The molecule has 1 aromatic carbocycles. The van der Waals surface area contributed by atoms with E-state index in [-0.39, 0.29) is 23.1 Å². The minimum absolute atomic E-state index is 0.0594. The minimum Gasteiger partial charge on any atom is -0.508 e. The van der Waals surface area contributed by atoms with Gasteiger partial charge in [-0.05, 0) is 19.1 Å². The van der Waals surface area contributed by atoms with Gasteiger partial charge in [-0.15, -0.1) is 0 Å². The predicted molar refractivity (Wildman–Crippen MR) is 53.2 cm³/mol. The molecular weight excluding hydrogens is 182 g/mol. The second-order valence-electron chi connectivity index (χ2n) is 2.94. The Morgan fingerprint density at radius 3 is 2.57 bits per heavy atom. The average molecular weight is 193 g/mol. The van der Waals surface area contributed by atoms with E-state index < -0.39 is 0 Å². The van der Waals surface area contributed by atoms with Crippen LogP contribution in [0.25, 0.3) is 0 Å². The second-order valence-corrected chi connectivity index (χ2v) is 2.94. The van der Waals surface area contributed by atoms with Gasteiger partial charge in [0, 0.05) is 11.6 Å². The number of anilines is 1. The Morgan fingerprint density at radius 2 is 2.07 bits per heavy atom.